The number of aromatic nitrogens is 2. The number of ether oxygens (including phenoxy) is 1. The van der Waals surface area contributed by atoms with E-state index in [0.717, 1.165) is 16.9 Å². The quantitative estimate of drug-likeness (QED) is 0.786. The van der Waals surface area contributed by atoms with Crippen molar-refractivity contribution >= 4 is 0 Å². The monoisotopic (exact) mass is 294 g/mol. The van der Waals surface area contributed by atoms with Gasteiger partial charge in [-0.3, -0.25) is 0 Å². The molecule has 3 aromatic rings. The first-order valence-electron chi connectivity index (χ1n) is 7.16. The molecule has 0 aliphatic rings. The van der Waals surface area contributed by atoms with E-state index in [0.29, 0.717) is 12.4 Å². The van der Waals surface area contributed by atoms with Crippen LogP contribution in [-0.2, 0) is 13.7 Å². The lowest BCUT2D eigenvalue weighted by molar-refractivity contribution is 0.205. The lowest BCUT2D eigenvalue weighted by atomic mass is 10.1. The van der Waals surface area contributed by atoms with E-state index in [4.69, 9.17) is 4.74 Å². The van der Waals surface area contributed by atoms with Crippen molar-refractivity contribution in [1.29, 1.82) is 0 Å². The summed E-state index contributed by atoms with van der Waals surface area (Å²) in [4.78, 5) is 4.19. The van der Waals surface area contributed by atoms with Crippen LogP contribution in [0.4, 0.5) is 0 Å². The molecule has 4 nitrogen and oxygen atoms in total. The van der Waals surface area contributed by atoms with E-state index in [9.17, 15) is 5.11 Å². The Morgan fingerprint density at radius 3 is 2.68 bits per heavy atom. The molecule has 0 amide bonds. The van der Waals surface area contributed by atoms with Crippen molar-refractivity contribution in [3.05, 3.63) is 83.9 Å². The maximum absolute atomic E-state index is 10.4. The first kappa shape index (κ1) is 14.4. The van der Waals surface area contributed by atoms with Crippen molar-refractivity contribution in [1.82, 2.24) is 9.55 Å². The van der Waals surface area contributed by atoms with Crippen molar-refractivity contribution in [2.75, 3.05) is 0 Å². The molecule has 0 saturated carbocycles. The van der Waals surface area contributed by atoms with Gasteiger partial charge in [-0.05, 0) is 23.3 Å². The number of rotatable bonds is 5. The summed E-state index contributed by atoms with van der Waals surface area (Å²) in [6, 6.07) is 17.5. The molecule has 3 rings (SSSR count). The first-order valence-corrected chi connectivity index (χ1v) is 7.16. The van der Waals surface area contributed by atoms with Crippen LogP contribution in [0, 0.1) is 0 Å². The van der Waals surface area contributed by atoms with Gasteiger partial charge in [-0.2, -0.15) is 0 Å². The van der Waals surface area contributed by atoms with Crippen LogP contribution in [0.5, 0.6) is 5.75 Å². The number of aliphatic hydroxyl groups is 1. The van der Waals surface area contributed by atoms with Gasteiger partial charge in [-0.25, -0.2) is 4.98 Å². The molecule has 0 radical (unpaired) electrons. The molecule has 1 N–H and O–H groups in total. The fourth-order valence-corrected chi connectivity index (χ4v) is 2.31. The normalized spacial score (nSPS) is 12.1. The van der Waals surface area contributed by atoms with Crippen molar-refractivity contribution in [2.24, 2.45) is 7.05 Å². The molecule has 0 saturated heterocycles. The molecule has 0 bridgehead atoms. The number of hydrogen-bond acceptors (Lipinski definition) is 3. The molecule has 0 aliphatic heterocycles. The number of aryl methyl sites for hydroxylation is 1. The summed E-state index contributed by atoms with van der Waals surface area (Å²) in [6.07, 6.45) is 2.73. The maximum atomic E-state index is 10.4. The fraction of sp³-hybridized carbons (Fsp3) is 0.167. The van der Waals surface area contributed by atoms with E-state index in [-0.39, 0.29) is 0 Å². The van der Waals surface area contributed by atoms with Crippen molar-refractivity contribution in [3.8, 4) is 5.75 Å². The highest BCUT2D eigenvalue weighted by molar-refractivity contribution is 5.32. The second-order valence-electron chi connectivity index (χ2n) is 5.15. The Kier molecular flexibility index (Phi) is 4.21. The molecule has 0 unspecified atom stereocenters. The van der Waals surface area contributed by atoms with Crippen LogP contribution in [-0.4, -0.2) is 14.7 Å². The van der Waals surface area contributed by atoms with E-state index in [1.165, 1.54) is 0 Å². The van der Waals surface area contributed by atoms with Gasteiger partial charge in [0.1, 0.15) is 24.3 Å². The predicted molar refractivity (Wildman–Crippen MR) is 84.5 cm³/mol. The minimum Gasteiger partial charge on any atom is -0.489 e. The van der Waals surface area contributed by atoms with E-state index in [1.54, 1.807) is 6.20 Å². The molecule has 0 fully saturated rings. The minimum absolute atomic E-state index is 0.503. The lowest BCUT2D eigenvalue weighted by Gasteiger charge is -2.13. The third kappa shape index (κ3) is 3.18. The number of imidazole rings is 1. The third-order valence-electron chi connectivity index (χ3n) is 3.53. The SMILES string of the molecule is Cn1ccnc1[C@H](O)c1cccc(OCc2ccccc2)c1. The Labute approximate surface area is 129 Å². The van der Waals surface area contributed by atoms with Gasteiger partial charge in [0, 0.05) is 19.4 Å². The van der Waals surface area contributed by atoms with Gasteiger partial charge in [0.25, 0.3) is 0 Å². The Morgan fingerprint density at radius 1 is 1.14 bits per heavy atom. The van der Waals surface area contributed by atoms with Crippen molar-refractivity contribution < 1.29 is 9.84 Å². The van der Waals surface area contributed by atoms with Crippen LogP contribution in [0.15, 0.2) is 67.0 Å². The summed E-state index contributed by atoms with van der Waals surface area (Å²) >= 11 is 0. The summed E-state index contributed by atoms with van der Waals surface area (Å²) in [5, 5.41) is 10.4. The summed E-state index contributed by atoms with van der Waals surface area (Å²) in [7, 11) is 1.86. The van der Waals surface area contributed by atoms with E-state index in [1.807, 2.05) is 72.4 Å². The highest BCUT2D eigenvalue weighted by Crippen LogP contribution is 2.24. The van der Waals surface area contributed by atoms with Crippen molar-refractivity contribution in [3.63, 3.8) is 0 Å². The van der Waals surface area contributed by atoms with Gasteiger partial charge >= 0.3 is 0 Å². The zero-order chi connectivity index (χ0) is 15.4. The Hall–Kier alpha value is -2.59. The molecule has 1 atom stereocenters. The predicted octanol–water partition coefficient (Wildman–Crippen LogP) is 3.08. The molecule has 1 heterocycles. The molecule has 112 valence electrons. The molecule has 2 aromatic carbocycles. The minimum atomic E-state index is -0.764. The van der Waals surface area contributed by atoms with Gasteiger partial charge in [0.05, 0.1) is 0 Å². The Morgan fingerprint density at radius 2 is 1.95 bits per heavy atom. The van der Waals surface area contributed by atoms with Gasteiger partial charge in [0.2, 0.25) is 0 Å². The number of nitrogens with zero attached hydrogens (tertiary/aromatic N) is 2. The first-order chi connectivity index (χ1) is 10.7. The van der Waals surface area contributed by atoms with Gasteiger partial charge in [-0.1, -0.05) is 42.5 Å². The topological polar surface area (TPSA) is 47.3 Å². The van der Waals surface area contributed by atoms with Crippen LogP contribution in [0.2, 0.25) is 0 Å². The van der Waals surface area contributed by atoms with Gasteiger partial charge in [-0.15, -0.1) is 0 Å². The zero-order valence-corrected chi connectivity index (χ0v) is 12.4. The second kappa shape index (κ2) is 6.45. The number of benzene rings is 2. The average molecular weight is 294 g/mol. The van der Waals surface area contributed by atoms with Crippen LogP contribution in [0.3, 0.4) is 0 Å². The highest BCUT2D eigenvalue weighted by atomic mass is 16.5. The number of hydrogen-bond donors (Lipinski definition) is 1. The number of aliphatic hydroxyl groups excluding tert-OH is 1. The molecule has 0 aliphatic carbocycles. The van der Waals surface area contributed by atoms with Gasteiger partial charge in [0.15, 0.2) is 0 Å². The molecule has 22 heavy (non-hydrogen) atoms. The van der Waals surface area contributed by atoms with Crippen molar-refractivity contribution in [2.45, 2.75) is 12.7 Å². The highest BCUT2D eigenvalue weighted by Gasteiger charge is 2.15. The van der Waals surface area contributed by atoms with Crippen LogP contribution >= 0.6 is 0 Å². The average Bonchev–Trinajstić information content (AvgIpc) is 2.99. The fourth-order valence-electron chi connectivity index (χ4n) is 2.31. The zero-order valence-electron chi connectivity index (χ0n) is 12.4. The summed E-state index contributed by atoms with van der Waals surface area (Å²) in [5.41, 5.74) is 1.87. The smallest absolute Gasteiger partial charge is 0.142 e. The van der Waals surface area contributed by atoms with E-state index >= 15 is 0 Å². The molecular weight excluding hydrogens is 276 g/mol. The summed E-state index contributed by atoms with van der Waals surface area (Å²) in [6.45, 7) is 0.503. The molecule has 4 heteroatoms. The van der Waals surface area contributed by atoms with Crippen LogP contribution in [0.25, 0.3) is 0 Å². The van der Waals surface area contributed by atoms with E-state index in [2.05, 4.69) is 4.98 Å². The summed E-state index contributed by atoms with van der Waals surface area (Å²) in [5.74, 6) is 1.34. The van der Waals surface area contributed by atoms with E-state index < -0.39 is 6.10 Å². The second-order valence-corrected chi connectivity index (χ2v) is 5.15. The molecule has 0 spiro atoms. The standard InChI is InChI=1S/C18H18N2O2/c1-20-11-10-19-18(20)17(21)15-8-5-9-16(12-15)22-13-14-6-3-2-4-7-14/h2-12,17,21H,13H2,1H3/t17-/m1/s1. The van der Waals surface area contributed by atoms with Crippen LogP contribution in [0.1, 0.15) is 23.1 Å². The lowest BCUT2D eigenvalue weighted by Crippen LogP contribution is -2.07. The summed E-state index contributed by atoms with van der Waals surface area (Å²) < 4.78 is 7.60. The van der Waals surface area contributed by atoms with Gasteiger partial charge < -0.3 is 14.4 Å². The largest absolute Gasteiger partial charge is 0.489 e. The maximum Gasteiger partial charge on any atom is 0.142 e. The van der Waals surface area contributed by atoms with Crippen LogP contribution < -0.4 is 4.74 Å². The Balaban J connectivity index is 1.74. The molecular formula is C18H18N2O2. The molecule has 1 aromatic heterocycles. The third-order valence-corrected chi connectivity index (χ3v) is 3.53. The Bertz CT molecular complexity index is 738.